The van der Waals surface area contributed by atoms with Gasteiger partial charge in [0, 0.05) is 38.6 Å². The lowest BCUT2D eigenvalue weighted by molar-refractivity contribution is -0.134. The van der Waals surface area contributed by atoms with Crippen molar-refractivity contribution in [3.63, 3.8) is 0 Å². The van der Waals surface area contributed by atoms with Gasteiger partial charge in [-0.1, -0.05) is 32.0 Å². The van der Waals surface area contributed by atoms with E-state index >= 15 is 0 Å². The predicted molar refractivity (Wildman–Crippen MR) is 145 cm³/mol. The average Bonchev–Trinajstić information content (AvgIpc) is 2.93. The molecular formula is C28H37N5O4. The number of carbonyl (C=O) groups excluding carboxylic acids is 3. The lowest BCUT2D eigenvalue weighted by atomic mass is 9.84. The highest BCUT2D eigenvalue weighted by Gasteiger charge is 2.39. The van der Waals surface area contributed by atoms with Gasteiger partial charge in [-0.25, -0.2) is 4.79 Å². The Bertz CT molecular complexity index is 1160. The van der Waals surface area contributed by atoms with Crippen molar-refractivity contribution < 1.29 is 19.1 Å². The summed E-state index contributed by atoms with van der Waals surface area (Å²) in [5.41, 5.74) is 2.09. The van der Waals surface area contributed by atoms with Gasteiger partial charge in [-0.3, -0.25) is 14.5 Å². The number of carbonyl (C=O) groups is 3. The van der Waals surface area contributed by atoms with Gasteiger partial charge < -0.3 is 25.2 Å². The maximum Gasteiger partial charge on any atom is 0.320 e. The molecule has 2 atom stereocenters. The third-order valence-electron chi connectivity index (χ3n) is 6.92. The molecule has 0 saturated carbocycles. The molecule has 2 heterocycles. The maximum atomic E-state index is 13.8. The number of benzene rings is 2. The maximum absolute atomic E-state index is 13.8. The van der Waals surface area contributed by atoms with Crippen molar-refractivity contribution in [1.82, 2.24) is 10.2 Å². The minimum absolute atomic E-state index is 0.0400. The number of nitrogens with one attached hydrogen (secondary N) is 2. The Morgan fingerprint density at radius 2 is 1.89 bits per heavy atom. The van der Waals surface area contributed by atoms with Crippen molar-refractivity contribution in [1.29, 1.82) is 0 Å². The van der Waals surface area contributed by atoms with Gasteiger partial charge in [-0.15, -0.1) is 0 Å². The first kappa shape index (κ1) is 26.3. The summed E-state index contributed by atoms with van der Waals surface area (Å²) >= 11 is 0. The molecule has 2 aliphatic rings. The molecule has 1 fully saturated rings. The van der Waals surface area contributed by atoms with Crippen LogP contribution in [0.2, 0.25) is 0 Å². The first-order valence-electron chi connectivity index (χ1n) is 12.7. The van der Waals surface area contributed by atoms with E-state index in [1.165, 1.54) is 4.90 Å². The lowest BCUT2D eigenvalue weighted by Gasteiger charge is -2.39. The molecule has 2 unspecified atom stereocenters. The molecule has 0 spiro atoms. The molecule has 9 nitrogen and oxygen atoms in total. The minimum Gasteiger partial charge on any atom is -0.486 e. The van der Waals surface area contributed by atoms with E-state index in [1.807, 2.05) is 48.2 Å². The second-order valence-electron chi connectivity index (χ2n) is 10.8. The normalized spacial score (nSPS) is 20.8. The first-order valence-corrected chi connectivity index (χ1v) is 12.7. The fourth-order valence-corrected chi connectivity index (χ4v) is 4.92. The van der Waals surface area contributed by atoms with Crippen LogP contribution in [0.3, 0.4) is 0 Å². The molecule has 2 N–H and O–H groups in total. The standard InChI is InChI=1S/C28H37N5O4/c1-19-25(30-27(36)29-20-10-8-11-21(16-20)31(4)5)26(35)33(22-12-6-7-13-23(22)37-19)17-24(34)32-15-9-14-28(2,3)18-32/h6-8,10-13,16,19,25H,9,14-15,17-18H2,1-5H3,(H2,29,30,36). The van der Waals surface area contributed by atoms with Crippen molar-refractivity contribution in [3.8, 4) is 5.75 Å². The smallest absolute Gasteiger partial charge is 0.320 e. The third kappa shape index (κ3) is 6.15. The topological polar surface area (TPSA) is 94.2 Å². The Morgan fingerprint density at radius 3 is 2.62 bits per heavy atom. The Hall–Kier alpha value is -3.75. The van der Waals surface area contributed by atoms with Crippen molar-refractivity contribution in [2.45, 2.75) is 45.8 Å². The second kappa shape index (κ2) is 10.7. The van der Waals surface area contributed by atoms with E-state index in [2.05, 4.69) is 24.5 Å². The van der Waals surface area contributed by atoms with Gasteiger partial charge in [-0.05, 0) is 55.5 Å². The number of hydrogen-bond acceptors (Lipinski definition) is 5. The molecule has 2 aromatic rings. The number of urea groups is 1. The number of likely N-dealkylation sites (tertiary alicyclic amines) is 1. The molecule has 4 rings (SSSR count). The minimum atomic E-state index is -0.991. The molecule has 0 aliphatic carbocycles. The van der Waals surface area contributed by atoms with Crippen molar-refractivity contribution in [2.75, 3.05) is 48.8 Å². The highest BCUT2D eigenvalue weighted by Crippen LogP contribution is 2.34. The van der Waals surface area contributed by atoms with E-state index in [9.17, 15) is 14.4 Å². The van der Waals surface area contributed by atoms with Gasteiger partial charge in [-0.2, -0.15) is 0 Å². The van der Waals surface area contributed by atoms with Gasteiger partial charge in [0.2, 0.25) is 5.91 Å². The Labute approximate surface area is 218 Å². The summed E-state index contributed by atoms with van der Waals surface area (Å²) in [5, 5.41) is 5.59. The number of ether oxygens (including phenoxy) is 1. The summed E-state index contributed by atoms with van der Waals surface area (Å²) in [4.78, 5) is 45.3. The lowest BCUT2D eigenvalue weighted by Crippen LogP contribution is -2.56. The molecular weight excluding hydrogens is 470 g/mol. The van der Waals surface area contributed by atoms with Gasteiger partial charge in [0.25, 0.3) is 5.91 Å². The second-order valence-corrected chi connectivity index (χ2v) is 10.8. The Morgan fingerprint density at radius 1 is 1.14 bits per heavy atom. The fraction of sp³-hybridized carbons (Fsp3) is 0.464. The number of hydrogen-bond donors (Lipinski definition) is 2. The molecule has 4 amide bonds. The van der Waals surface area contributed by atoms with E-state index in [4.69, 9.17) is 4.74 Å². The molecule has 37 heavy (non-hydrogen) atoms. The number of nitrogens with zero attached hydrogens (tertiary/aromatic N) is 3. The highest BCUT2D eigenvalue weighted by molar-refractivity contribution is 6.05. The summed E-state index contributed by atoms with van der Waals surface area (Å²) in [6.07, 6.45) is 1.34. The molecule has 2 aliphatic heterocycles. The zero-order valence-corrected chi connectivity index (χ0v) is 22.3. The van der Waals surface area contributed by atoms with Gasteiger partial charge in [0.1, 0.15) is 24.4 Å². The molecule has 9 heteroatoms. The summed E-state index contributed by atoms with van der Waals surface area (Å²) in [6.45, 7) is 7.26. The number of piperidine rings is 1. The fourth-order valence-electron chi connectivity index (χ4n) is 4.92. The van der Waals surface area contributed by atoms with E-state index in [-0.39, 0.29) is 23.8 Å². The highest BCUT2D eigenvalue weighted by atomic mass is 16.5. The van der Waals surface area contributed by atoms with Gasteiger partial charge in [0.05, 0.1) is 5.69 Å². The SMILES string of the molecule is CC1Oc2ccccc2N(CC(=O)N2CCCC(C)(C)C2)C(=O)C1NC(=O)Nc1cccc(N(C)C)c1. The van der Waals surface area contributed by atoms with E-state index in [1.54, 1.807) is 31.2 Å². The van der Waals surface area contributed by atoms with Crippen LogP contribution in [0.4, 0.5) is 21.9 Å². The van der Waals surface area contributed by atoms with Crippen molar-refractivity contribution in [3.05, 3.63) is 48.5 Å². The average molecular weight is 508 g/mol. The summed E-state index contributed by atoms with van der Waals surface area (Å²) in [7, 11) is 3.83. The number of fused-ring (bicyclic) bond motifs is 1. The molecule has 0 bridgehead atoms. The monoisotopic (exact) mass is 507 g/mol. The van der Waals surface area contributed by atoms with Crippen LogP contribution in [-0.4, -0.2) is 68.6 Å². The van der Waals surface area contributed by atoms with Crippen LogP contribution >= 0.6 is 0 Å². The number of rotatable bonds is 5. The summed E-state index contributed by atoms with van der Waals surface area (Å²) in [6, 6.07) is 13.1. The van der Waals surface area contributed by atoms with Crippen molar-refractivity contribution >= 4 is 34.9 Å². The van der Waals surface area contributed by atoms with Crippen LogP contribution in [0.25, 0.3) is 0 Å². The number of anilines is 3. The van der Waals surface area contributed by atoms with Crippen LogP contribution in [0, 0.1) is 5.41 Å². The van der Waals surface area contributed by atoms with Crippen LogP contribution in [0.1, 0.15) is 33.6 Å². The largest absolute Gasteiger partial charge is 0.486 e. The van der Waals surface area contributed by atoms with Crippen LogP contribution in [0.15, 0.2) is 48.5 Å². The predicted octanol–water partition coefficient (Wildman–Crippen LogP) is 3.71. The molecule has 198 valence electrons. The van der Waals surface area contributed by atoms with Crippen LogP contribution in [-0.2, 0) is 9.59 Å². The number of para-hydroxylation sites is 2. The van der Waals surface area contributed by atoms with E-state index in [0.29, 0.717) is 30.2 Å². The van der Waals surface area contributed by atoms with Gasteiger partial charge >= 0.3 is 6.03 Å². The summed E-state index contributed by atoms with van der Waals surface area (Å²) in [5.74, 6) is -0.00744. The molecule has 2 aromatic carbocycles. The van der Waals surface area contributed by atoms with Crippen LogP contribution in [0.5, 0.6) is 5.75 Å². The molecule has 1 saturated heterocycles. The third-order valence-corrected chi connectivity index (χ3v) is 6.92. The summed E-state index contributed by atoms with van der Waals surface area (Å²) < 4.78 is 6.10. The molecule has 0 radical (unpaired) electrons. The van der Waals surface area contributed by atoms with Crippen molar-refractivity contribution in [2.24, 2.45) is 5.41 Å². The first-order chi connectivity index (χ1) is 17.5. The van der Waals surface area contributed by atoms with E-state index < -0.39 is 18.2 Å². The van der Waals surface area contributed by atoms with Crippen LogP contribution < -0.4 is 25.2 Å². The molecule has 0 aromatic heterocycles. The zero-order valence-electron chi connectivity index (χ0n) is 22.3. The Balaban J connectivity index is 1.54. The van der Waals surface area contributed by atoms with Gasteiger partial charge in [0.15, 0.2) is 0 Å². The zero-order chi connectivity index (χ0) is 26.7. The Kier molecular flexibility index (Phi) is 7.61. The number of amides is 4. The van der Waals surface area contributed by atoms with E-state index in [0.717, 1.165) is 18.5 Å². The quantitative estimate of drug-likeness (QED) is 0.644.